The van der Waals surface area contributed by atoms with Crippen LogP contribution in [0.3, 0.4) is 0 Å². The fraction of sp³-hybridized carbons (Fsp3) is 0.375. The number of esters is 1. The molecule has 4 heterocycles. The molecule has 0 fully saturated rings. The maximum Gasteiger partial charge on any atom is 0.320 e. The molecule has 0 unspecified atom stereocenters. The summed E-state index contributed by atoms with van der Waals surface area (Å²) in [6, 6.07) is 22.1. The van der Waals surface area contributed by atoms with Crippen LogP contribution >= 0.6 is 23.2 Å². The molecule has 8 rings (SSSR count). The molecule has 0 aliphatic carbocycles. The van der Waals surface area contributed by atoms with E-state index in [0.717, 1.165) is 28.0 Å². The Kier molecular flexibility index (Phi) is 15.2. The van der Waals surface area contributed by atoms with Crippen molar-refractivity contribution in [2.45, 2.75) is 79.4 Å². The van der Waals surface area contributed by atoms with E-state index in [1.165, 1.54) is 0 Å². The molecule has 2 aliphatic rings. The van der Waals surface area contributed by atoms with Crippen LogP contribution in [0.5, 0.6) is 23.0 Å². The van der Waals surface area contributed by atoms with Crippen LogP contribution in [0.2, 0.25) is 10.0 Å². The minimum absolute atomic E-state index is 0.0185. The molecule has 0 amide bonds. The van der Waals surface area contributed by atoms with Crippen LogP contribution in [0.25, 0.3) is 45.7 Å². The monoisotopic (exact) mass is 942 g/mol. The Bertz CT molecular complexity index is 2660. The van der Waals surface area contributed by atoms with E-state index in [1.54, 1.807) is 24.3 Å². The Balaban J connectivity index is 0.000000198. The SMILES string of the molecule is CC(C)Oc1ccc(-c2nc(-c3ccc4c(c3)OCCN(CC(=O)O)C4)no2)cc1Cl.CC(C)Oc1ccc(-c2nc(-c3ccc4c(c3)OCCN(CC(=O)OC(C)(C)C)C4)no2)cc1Cl. The van der Waals surface area contributed by atoms with Gasteiger partial charge in [-0.25, -0.2) is 0 Å². The first-order valence-electron chi connectivity index (χ1n) is 21.5. The summed E-state index contributed by atoms with van der Waals surface area (Å²) in [6.07, 6.45) is 0.0400. The minimum Gasteiger partial charge on any atom is -0.492 e. The van der Waals surface area contributed by atoms with Gasteiger partial charge >= 0.3 is 11.9 Å². The third-order valence-corrected chi connectivity index (χ3v) is 10.4. The van der Waals surface area contributed by atoms with Gasteiger partial charge in [-0.1, -0.05) is 57.8 Å². The summed E-state index contributed by atoms with van der Waals surface area (Å²) in [4.78, 5) is 36.1. The number of aromatic nitrogens is 4. The molecule has 1 N–H and O–H groups in total. The second-order valence-electron chi connectivity index (χ2n) is 17.2. The zero-order chi connectivity index (χ0) is 47.1. The predicted octanol–water partition coefficient (Wildman–Crippen LogP) is 9.50. The van der Waals surface area contributed by atoms with Gasteiger partial charge < -0.3 is 37.8 Å². The fourth-order valence-corrected chi connectivity index (χ4v) is 7.48. The highest BCUT2D eigenvalue weighted by Gasteiger charge is 2.24. The molecule has 0 atom stereocenters. The molecule has 18 heteroatoms. The number of rotatable bonds is 12. The first-order valence-corrected chi connectivity index (χ1v) is 22.2. The highest BCUT2D eigenvalue weighted by molar-refractivity contribution is 6.32. The van der Waals surface area contributed by atoms with E-state index in [0.29, 0.717) is 101 Å². The third kappa shape index (κ3) is 12.8. The van der Waals surface area contributed by atoms with Crippen LogP contribution in [0.4, 0.5) is 0 Å². The first-order chi connectivity index (χ1) is 31.5. The van der Waals surface area contributed by atoms with Crippen LogP contribution in [-0.4, -0.2) is 104 Å². The molecule has 66 heavy (non-hydrogen) atoms. The van der Waals surface area contributed by atoms with Crippen LogP contribution in [0.1, 0.15) is 59.6 Å². The van der Waals surface area contributed by atoms with Gasteiger partial charge in [-0.3, -0.25) is 19.4 Å². The topological polar surface area (TPSA) is 185 Å². The normalized spacial score (nSPS) is 14.2. The van der Waals surface area contributed by atoms with Crippen molar-refractivity contribution in [2.75, 3.05) is 39.4 Å². The largest absolute Gasteiger partial charge is 0.492 e. The van der Waals surface area contributed by atoms with E-state index >= 15 is 0 Å². The standard InChI is InChI=1S/C26H30ClN3O5.C22H22ClN3O5/c1-16(2)33-21-9-8-18(12-20(21)27)25-28-24(29-35-25)17-6-7-19-14-30(10-11-32-22(19)13-17)15-23(31)34-26(3,4)5;1-13(2)30-18-6-5-15(9-17(18)23)22-24-21(25-31-22)14-3-4-16-11-26(12-20(27)28)7-8-29-19(16)10-14/h6-9,12-13,16H,10-11,14-15H2,1-5H3;3-6,9-10,13H,7-8,11-12H2,1-2H3,(H,27,28). The van der Waals surface area contributed by atoms with E-state index in [1.807, 2.05) is 107 Å². The first kappa shape index (κ1) is 47.8. The maximum absolute atomic E-state index is 12.2. The predicted molar refractivity (Wildman–Crippen MR) is 247 cm³/mol. The fourth-order valence-electron chi connectivity index (χ4n) is 7.03. The molecule has 2 aromatic heterocycles. The molecule has 0 saturated carbocycles. The third-order valence-electron chi connectivity index (χ3n) is 9.84. The molecule has 4 aromatic carbocycles. The van der Waals surface area contributed by atoms with Crippen LogP contribution in [0, 0.1) is 0 Å². The van der Waals surface area contributed by atoms with Gasteiger partial charge in [0, 0.05) is 59.6 Å². The van der Waals surface area contributed by atoms with Gasteiger partial charge in [0.15, 0.2) is 0 Å². The highest BCUT2D eigenvalue weighted by atomic mass is 35.5. The number of fused-ring (bicyclic) bond motifs is 2. The molecule has 2 aliphatic heterocycles. The maximum atomic E-state index is 12.2. The summed E-state index contributed by atoms with van der Waals surface area (Å²) in [5, 5.41) is 18.2. The summed E-state index contributed by atoms with van der Waals surface area (Å²) in [7, 11) is 0. The molecule has 0 spiro atoms. The average Bonchev–Trinajstić information content (AvgIpc) is 3.85. The molecular weight excluding hydrogens is 891 g/mol. The summed E-state index contributed by atoms with van der Waals surface area (Å²) < 4.78 is 39.5. The van der Waals surface area contributed by atoms with Crippen molar-refractivity contribution in [1.29, 1.82) is 0 Å². The zero-order valence-corrected chi connectivity index (χ0v) is 39.3. The van der Waals surface area contributed by atoms with Gasteiger partial charge in [0.2, 0.25) is 11.6 Å². The Labute approximate surface area is 392 Å². The molecule has 0 radical (unpaired) electrons. The van der Waals surface area contributed by atoms with Gasteiger partial charge in [0.05, 0.1) is 35.3 Å². The zero-order valence-electron chi connectivity index (χ0n) is 37.8. The highest BCUT2D eigenvalue weighted by Crippen LogP contribution is 2.35. The number of aliphatic carboxylic acids is 1. The number of halogens is 2. The lowest BCUT2D eigenvalue weighted by molar-refractivity contribution is -0.156. The van der Waals surface area contributed by atoms with E-state index in [4.69, 9.17) is 61.0 Å². The van der Waals surface area contributed by atoms with Gasteiger partial charge in [0.25, 0.3) is 11.8 Å². The van der Waals surface area contributed by atoms with E-state index in [9.17, 15) is 9.59 Å². The van der Waals surface area contributed by atoms with E-state index in [-0.39, 0.29) is 31.3 Å². The second-order valence-corrected chi connectivity index (χ2v) is 18.0. The van der Waals surface area contributed by atoms with Gasteiger partial charge in [-0.05, 0) is 97.0 Å². The second kappa shape index (κ2) is 21.0. The number of benzene rings is 4. The number of nitrogens with zero attached hydrogens (tertiary/aromatic N) is 6. The number of hydrogen-bond acceptors (Lipinski definition) is 15. The Morgan fingerprint density at radius 1 is 0.667 bits per heavy atom. The molecular formula is C48H52Cl2N6O10. The van der Waals surface area contributed by atoms with Gasteiger partial charge in [-0.2, -0.15) is 9.97 Å². The van der Waals surface area contributed by atoms with Crippen molar-refractivity contribution in [3.8, 4) is 68.7 Å². The summed E-state index contributed by atoms with van der Waals surface area (Å²) in [5.41, 5.74) is 4.29. The minimum atomic E-state index is -0.858. The van der Waals surface area contributed by atoms with Crippen molar-refractivity contribution in [1.82, 2.24) is 30.1 Å². The molecule has 6 aromatic rings. The summed E-state index contributed by atoms with van der Waals surface area (Å²) in [5.74, 6) is 3.09. The Morgan fingerprint density at radius 3 is 1.52 bits per heavy atom. The van der Waals surface area contributed by atoms with Gasteiger partial charge in [0.1, 0.15) is 41.8 Å². The van der Waals surface area contributed by atoms with Crippen molar-refractivity contribution in [3.63, 3.8) is 0 Å². The van der Waals surface area contributed by atoms with Crippen molar-refractivity contribution in [3.05, 3.63) is 94.0 Å². The lowest BCUT2D eigenvalue weighted by atomic mass is 10.1. The Hall–Kier alpha value is -6.20. The number of carboxylic acids is 1. The van der Waals surface area contributed by atoms with Crippen molar-refractivity contribution >= 4 is 35.1 Å². The van der Waals surface area contributed by atoms with Crippen molar-refractivity contribution in [2.24, 2.45) is 0 Å². The van der Waals surface area contributed by atoms with Gasteiger partial charge in [-0.15, -0.1) is 0 Å². The molecule has 0 bridgehead atoms. The summed E-state index contributed by atoms with van der Waals surface area (Å²) >= 11 is 12.7. The number of hydrogen-bond donors (Lipinski definition) is 1. The number of carbonyl (C=O) groups is 2. The molecule has 0 saturated heterocycles. The molecule has 16 nitrogen and oxygen atoms in total. The van der Waals surface area contributed by atoms with Crippen LogP contribution in [-0.2, 0) is 27.4 Å². The van der Waals surface area contributed by atoms with Crippen LogP contribution < -0.4 is 18.9 Å². The number of ether oxygens (including phenoxy) is 5. The van der Waals surface area contributed by atoms with Crippen molar-refractivity contribution < 1.29 is 47.4 Å². The van der Waals surface area contributed by atoms with E-state index < -0.39 is 11.6 Å². The average molecular weight is 944 g/mol. The lowest BCUT2D eigenvalue weighted by Gasteiger charge is -2.23. The van der Waals surface area contributed by atoms with Crippen LogP contribution in [0.15, 0.2) is 81.8 Å². The van der Waals surface area contributed by atoms with E-state index in [2.05, 4.69) is 20.3 Å². The number of carbonyl (C=O) groups excluding carboxylic acids is 1. The lowest BCUT2D eigenvalue weighted by Crippen LogP contribution is -2.35. The number of carboxylic acid groups (broad SMARTS) is 1. The summed E-state index contributed by atoms with van der Waals surface area (Å²) in [6.45, 7) is 16.6. The molecule has 348 valence electrons. The smallest absolute Gasteiger partial charge is 0.320 e. The Morgan fingerprint density at radius 2 is 1.11 bits per heavy atom. The quantitative estimate of drug-likeness (QED) is 0.114.